The number of hydrogen-bond donors (Lipinski definition) is 1. The number of nitrogen functional groups attached to an aromatic ring is 1. The van der Waals surface area contributed by atoms with Gasteiger partial charge in [-0.2, -0.15) is 0 Å². The van der Waals surface area contributed by atoms with E-state index in [1.165, 1.54) is 0 Å². The van der Waals surface area contributed by atoms with Crippen molar-refractivity contribution < 1.29 is 18.6 Å². The Balaban J connectivity index is 1.68. The number of nitrogens with two attached hydrogens (primary N) is 1. The van der Waals surface area contributed by atoms with Gasteiger partial charge in [0.1, 0.15) is 11.3 Å². The summed E-state index contributed by atoms with van der Waals surface area (Å²) < 4.78 is 15.0. The molecule has 3 aromatic rings. The molecule has 1 aromatic carbocycles. The zero-order valence-electron chi connectivity index (χ0n) is 12.1. The molecule has 0 fully saturated rings. The monoisotopic (exact) mass is 333 g/mol. The number of ether oxygens (including phenoxy) is 1. The van der Waals surface area contributed by atoms with Crippen LogP contribution in [0.1, 0.15) is 21.8 Å². The van der Waals surface area contributed by atoms with E-state index in [1.807, 2.05) is 12.1 Å². The highest BCUT2D eigenvalue weighted by atomic mass is 35.5. The third-order valence-electron chi connectivity index (χ3n) is 3.14. The highest BCUT2D eigenvalue weighted by Crippen LogP contribution is 2.22. The fraction of sp³-hybridized carbons (Fsp3) is 0.133. The number of carbonyl (C=O) groups is 1. The van der Waals surface area contributed by atoms with Crippen LogP contribution in [0.2, 0.25) is 5.02 Å². The maximum absolute atomic E-state index is 12.0. The zero-order valence-corrected chi connectivity index (χ0v) is 12.8. The minimum atomic E-state index is -0.634. The number of rotatable bonds is 4. The summed E-state index contributed by atoms with van der Waals surface area (Å²) in [5.74, 6) is -0.311. The third-order valence-corrected chi connectivity index (χ3v) is 3.39. The number of hydrogen-bond acceptors (Lipinski definition) is 7. The number of benzene rings is 1. The van der Waals surface area contributed by atoms with E-state index in [9.17, 15) is 4.79 Å². The van der Waals surface area contributed by atoms with E-state index in [0.717, 1.165) is 5.56 Å². The van der Waals surface area contributed by atoms with Crippen LogP contribution in [0.3, 0.4) is 0 Å². The molecule has 0 saturated carbocycles. The SMILES string of the molecule is Cc1noc(N)c1C(=O)OCc1cc(-c2ccc(Cl)cc2)no1. The second-order valence-corrected chi connectivity index (χ2v) is 5.21. The third kappa shape index (κ3) is 3.19. The van der Waals surface area contributed by atoms with Gasteiger partial charge in [-0.05, 0) is 19.1 Å². The molecule has 2 heterocycles. The average molecular weight is 334 g/mol. The molecule has 0 amide bonds. The number of aromatic nitrogens is 2. The predicted octanol–water partition coefficient (Wildman–Crippen LogP) is 3.23. The van der Waals surface area contributed by atoms with Gasteiger partial charge in [0.25, 0.3) is 0 Å². The molecule has 0 aliphatic carbocycles. The molecule has 3 rings (SSSR count). The first-order valence-corrected chi connectivity index (χ1v) is 7.03. The van der Waals surface area contributed by atoms with Crippen LogP contribution in [0.5, 0.6) is 0 Å². The molecular formula is C15H12ClN3O4. The summed E-state index contributed by atoms with van der Waals surface area (Å²) in [7, 11) is 0. The van der Waals surface area contributed by atoms with Crippen molar-refractivity contribution in [3.63, 3.8) is 0 Å². The summed E-state index contributed by atoms with van der Waals surface area (Å²) in [4.78, 5) is 12.0. The maximum Gasteiger partial charge on any atom is 0.346 e. The highest BCUT2D eigenvalue weighted by Gasteiger charge is 2.20. The van der Waals surface area contributed by atoms with E-state index >= 15 is 0 Å². The Morgan fingerprint density at radius 1 is 1.26 bits per heavy atom. The molecule has 7 nitrogen and oxygen atoms in total. The Labute approximate surface area is 135 Å². The Bertz CT molecular complexity index is 819. The summed E-state index contributed by atoms with van der Waals surface area (Å²) in [6.07, 6.45) is 0. The van der Waals surface area contributed by atoms with Crippen LogP contribution < -0.4 is 5.73 Å². The van der Waals surface area contributed by atoms with E-state index in [2.05, 4.69) is 10.3 Å². The Morgan fingerprint density at radius 2 is 2.00 bits per heavy atom. The average Bonchev–Trinajstić information content (AvgIpc) is 3.13. The smallest absolute Gasteiger partial charge is 0.346 e. The second kappa shape index (κ2) is 6.13. The van der Waals surface area contributed by atoms with E-state index in [-0.39, 0.29) is 18.1 Å². The summed E-state index contributed by atoms with van der Waals surface area (Å²) in [6, 6.07) is 8.82. The molecule has 0 bridgehead atoms. The molecule has 8 heteroatoms. The Morgan fingerprint density at radius 3 is 2.65 bits per heavy atom. The van der Waals surface area contributed by atoms with Gasteiger partial charge < -0.3 is 19.5 Å². The number of anilines is 1. The van der Waals surface area contributed by atoms with E-state index in [4.69, 9.17) is 31.1 Å². The lowest BCUT2D eigenvalue weighted by Crippen LogP contribution is -2.07. The minimum Gasteiger partial charge on any atom is -0.454 e. The van der Waals surface area contributed by atoms with Crippen LogP contribution in [-0.4, -0.2) is 16.3 Å². The number of carbonyl (C=O) groups excluding carboxylic acids is 1. The summed E-state index contributed by atoms with van der Waals surface area (Å²) in [6.45, 7) is 1.52. The van der Waals surface area contributed by atoms with Crippen molar-refractivity contribution in [1.82, 2.24) is 10.3 Å². The van der Waals surface area contributed by atoms with E-state index in [1.54, 1.807) is 25.1 Å². The lowest BCUT2D eigenvalue weighted by atomic mass is 10.1. The summed E-state index contributed by atoms with van der Waals surface area (Å²) >= 11 is 5.84. The van der Waals surface area contributed by atoms with Crippen molar-refractivity contribution in [2.75, 3.05) is 5.73 Å². The largest absolute Gasteiger partial charge is 0.454 e. The fourth-order valence-electron chi connectivity index (χ4n) is 1.98. The molecule has 0 unspecified atom stereocenters. The number of halogens is 1. The second-order valence-electron chi connectivity index (χ2n) is 4.77. The van der Waals surface area contributed by atoms with Crippen molar-refractivity contribution in [2.45, 2.75) is 13.5 Å². The molecular weight excluding hydrogens is 322 g/mol. The molecule has 0 atom stereocenters. The van der Waals surface area contributed by atoms with Gasteiger partial charge in [0, 0.05) is 16.7 Å². The van der Waals surface area contributed by atoms with E-state index in [0.29, 0.717) is 22.2 Å². The van der Waals surface area contributed by atoms with Crippen LogP contribution in [0, 0.1) is 6.92 Å². The number of aryl methyl sites for hydroxylation is 1. The number of nitrogens with zero attached hydrogens (tertiary/aromatic N) is 2. The van der Waals surface area contributed by atoms with Gasteiger partial charge in [0.15, 0.2) is 12.4 Å². The van der Waals surface area contributed by atoms with Crippen LogP contribution in [0.15, 0.2) is 39.4 Å². The van der Waals surface area contributed by atoms with Gasteiger partial charge in [-0.3, -0.25) is 0 Å². The van der Waals surface area contributed by atoms with Gasteiger partial charge >= 0.3 is 5.97 Å². The lowest BCUT2D eigenvalue weighted by molar-refractivity contribution is 0.0437. The molecule has 2 N–H and O–H groups in total. The van der Waals surface area contributed by atoms with Crippen molar-refractivity contribution in [1.29, 1.82) is 0 Å². The van der Waals surface area contributed by atoms with Gasteiger partial charge in [-0.15, -0.1) is 0 Å². The minimum absolute atomic E-state index is 0.0769. The molecule has 0 aliphatic heterocycles. The quantitative estimate of drug-likeness (QED) is 0.731. The topological polar surface area (TPSA) is 104 Å². The zero-order chi connectivity index (χ0) is 16.4. The Hall–Kier alpha value is -2.80. The standard InChI is InChI=1S/C15H12ClN3O4/c1-8-13(14(17)23-18-8)15(20)21-7-11-6-12(19-22-11)9-2-4-10(16)5-3-9/h2-6H,7,17H2,1H3. The molecule has 118 valence electrons. The molecule has 0 saturated heterocycles. The molecule has 2 aromatic heterocycles. The molecule has 0 spiro atoms. The molecule has 0 aliphatic rings. The highest BCUT2D eigenvalue weighted by molar-refractivity contribution is 6.30. The van der Waals surface area contributed by atoms with Gasteiger partial charge in [-0.1, -0.05) is 34.0 Å². The maximum atomic E-state index is 12.0. The normalized spacial score (nSPS) is 10.7. The van der Waals surface area contributed by atoms with Crippen molar-refractivity contribution >= 4 is 23.5 Å². The van der Waals surface area contributed by atoms with Crippen LogP contribution >= 0.6 is 11.6 Å². The summed E-state index contributed by atoms with van der Waals surface area (Å²) in [5.41, 5.74) is 7.47. The Kier molecular flexibility index (Phi) is 4.03. The first-order chi connectivity index (χ1) is 11.0. The first-order valence-electron chi connectivity index (χ1n) is 6.65. The van der Waals surface area contributed by atoms with Crippen LogP contribution in [0.25, 0.3) is 11.3 Å². The first kappa shape index (κ1) is 15.1. The number of esters is 1. The molecule has 23 heavy (non-hydrogen) atoms. The fourth-order valence-corrected chi connectivity index (χ4v) is 2.11. The predicted molar refractivity (Wildman–Crippen MR) is 81.7 cm³/mol. The van der Waals surface area contributed by atoms with Crippen molar-refractivity contribution in [3.05, 3.63) is 52.4 Å². The van der Waals surface area contributed by atoms with Crippen molar-refractivity contribution in [3.8, 4) is 11.3 Å². The lowest BCUT2D eigenvalue weighted by Gasteiger charge is -2.00. The molecule has 0 radical (unpaired) electrons. The van der Waals surface area contributed by atoms with Crippen LogP contribution in [0.4, 0.5) is 5.88 Å². The van der Waals surface area contributed by atoms with Gasteiger partial charge in [0.05, 0.1) is 5.69 Å². The van der Waals surface area contributed by atoms with Gasteiger partial charge in [-0.25, -0.2) is 4.79 Å². The van der Waals surface area contributed by atoms with E-state index < -0.39 is 5.97 Å². The van der Waals surface area contributed by atoms with Crippen LogP contribution in [-0.2, 0) is 11.3 Å². The van der Waals surface area contributed by atoms with Crippen molar-refractivity contribution in [2.24, 2.45) is 0 Å². The van der Waals surface area contributed by atoms with Gasteiger partial charge in [0.2, 0.25) is 5.88 Å². The summed E-state index contributed by atoms with van der Waals surface area (Å²) in [5, 5.41) is 8.16.